The summed E-state index contributed by atoms with van der Waals surface area (Å²) in [5.74, 6) is 0.728. The lowest BCUT2D eigenvalue weighted by atomic mass is 10.1. The third kappa shape index (κ3) is 7.63. The van der Waals surface area contributed by atoms with Gasteiger partial charge in [-0.2, -0.15) is 0 Å². The van der Waals surface area contributed by atoms with Crippen LogP contribution < -0.4 is 14.8 Å². The molecule has 2 rings (SSSR count). The quantitative estimate of drug-likeness (QED) is 0.494. The number of nitrogens with zero attached hydrogens (tertiary/aromatic N) is 1. The van der Waals surface area contributed by atoms with Crippen LogP contribution >= 0.6 is 0 Å². The van der Waals surface area contributed by atoms with E-state index in [0.717, 1.165) is 18.4 Å². The largest absolute Gasteiger partial charge is 0.493 e. The first-order valence-electron chi connectivity index (χ1n) is 11.0. The average Bonchev–Trinajstić information content (AvgIpc) is 2.81. The number of carbonyl (C=O) groups is 2. The number of amides is 2. The van der Waals surface area contributed by atoms with Gasteiger partial charge in [0.15, 0.2) is 18.1 Å². The van der Waals surface area contributed by atoms with E-state index >= 15 is 0 Å². The molecule has 0 aliphatic heterocycles. The number of unbranched alkanes of at least 4 members (excludes halogenated alkanes) is 1. The minimum atomic E-state index is -0.533. The molecule has 1 unspecified atom stereocenters. The molecule has 168 valence electrons. The number of carbonyl (C=O) groups excluding carboxylic acids is 2. The van der Waals surface area contributed by atoms with Crippen LogP contribution in [-0.4, -0.2) is 49.6 Å². The Morgan fingerprint density at radius 3 is 2.32 bits per heavy atom. The molecule has 0 spiro atoms. The highest BCUT2D eigenvalue weighted by Crippen LogP contribution is 2.25. The van der Waals surface area contributed by atoms with Crippen molar-refractivity contribution in [2.45, 2.75) is 45.6 Å². The van der Waals surface area contributed by atoms with E-state index < -0.39 is 6.04 Å². The van der Waals surface area contributed by atoms with Crippen molar-refractivity contribution < 1.29 is 19.1 Å². The standard InChI is InChI=1S/C25H34N2O4/c1-4-6-17-26-25(29)21(5-2)27(18-16-20-12-8-7-9-13-20)24(28)19-31-23-15-11-10-14-22(23)30-3/h7-15,21H,4-6,16-19H2,1-3H3,(H,26,29). The molecule has 0 saturated heterocycles. The van der Waals surface area contributed by atoms with E-state index in [2.05, 4.69) is 12.2 Å². The van der Waals surface area contributed by atoms with Gasteiger partial charge >= 0.3 is 0 Å². The Morgan fingerprint density at radius 1 is 1.00 bits per heavy atom. The van der Waals surface area contributed by atoms with Crippen molar-refractivity contribution in [1.29, 1.82) is 0 Å². The van der Waals surface area contributed by atoms with Crippen molar-refractivity contribution in [2.24, 2.45) is 0 Å². The summed E-state index contributed by atoms with van der Waals surface area (Å²) in [6.07, 6.45) is 3.12. The zero-order valence-electron chi connectivity index (χ0n) is 18.8. The number of methoxy groups -OCH3 is 1. The van der Waals surface area contributed by atoms with Crippen LogP contribution in [0, 0.1) is 0 Å². The van der Waals surface area contributed by atoms with Crippen LogP contribution in [0.4, 0.5) is 0 Å². The molecule has 31 heavy (non-hydrogen) atoms. The third-order valence-electron chi connectivity index (χ3n) is 5.12. The molecule has 1 atom stereocenters. The minimum Gasteiger partial charge on any atom is -0.493 e. The number of nitrogens with one attached hydrogen (secondary N) is 1. The maximum absolute atomic E-state index is 13.2. The number of hydrogen-bond donors (Lipinski definition) is 1. The smallest absolute Gasteiger partial charge is 0.261 e. The predicted molar refractivity (Wildman–Crippen MR) is 122 cm³/mol. The summed E-state index contributed by atoms with van der Waals surface area (Å²) in [5, 5.41) is 2.97. The maximum Gasteiger partial charge on any atom is 0.261 e. The van der Waals surface area contributed by atoms with E-state index in [1.807, 2.05) is 49.4 Å². The van der Waals surface area contributed by atoms with Gasteiger partial charge in [-0.3, -0.25) is 9.59 Å². The van der Waals surface area contributed by atoms with Crippen LogP contribution in [0.5, 0.6) is 11.5 Å². The van der Waals surface area contributed by atoms with E-state index in [-0.39, 0.29) is 18.4 Å². The average molecular weight is 427 g/mol. The molecular formula is C25H34N2O4. The molecule has 0 aliphatic rings. The number of ether oxygens (including phenoxy) is 2. The lowest BCUT2D eigenvalue weighted by Gasteiger charge is -2.30. The summed E-state index contributed by atoms with van der Waals surface area (Å²) >= 11 is 0. The van der Waals surface area contributed by atoms with Gasteiger partial charge in [-0.15, -0.1) is 0 Å². The second kappa shape index (κ2) is 13.3. The van der Waals surface area contributed by atoms with Crippen molar-refractivity contribution in [3.8, 4) is 11.5 Å². The van der Waals surface area contributed by atoms with Crippen LogP contribution in [0.3, 0.4) is 0 Å². The van der Waals surface area contributed by atoms with Crippen LogP contribution in [0.15, 0.2) is 54.6 Å². The van der Waals surface area contributed by atoms with Crippen molar-refractivity contribution >= 4 is 11.8 Å². The molecule has 0 fully saturated rings. The Kier molecular flexibility index (Phi) is 10.4. The molecule has 1 N–H and O–H groups in total. The van der Waals surface area contributed by atoms with Crippen LogP contribution in [0.2, 0.25) is 0 Å². The first-order chi connectivity index (χ1) is 15.1. The fourth-order valence-corrected chi connectivity index (χ4v) is 3.36. The Morgan fingerprint density at radius 2 is 1.68 bits per heavy atom. The molecule has 0 radical (unpaired) electrons. The van der Waals surface area contributed by atoms with E-state index in [1.54, 1.807) is 24.1 Å². The van der Waals surface area contributed by atoms with Gasteiger partial charge in [0, 0.05) is 13.1 Å². The summed E-state index contributed by atoms with van der Waals surface area (Å²) in [6, 6.07) is 16.6. The Bertz CT molecular complexity index is 810. The van der Waals surface area contributed by atoms with Gasteiger partial charge in [0.2, 0.25) is 5.91 Å². The van der Waals surface area contributed by atoms with Gasteiger partial charge in [-0.05, 0) is 37.0 Å². The zero-order valence-corrected chi connectivity index (χ0v) is 18.8. The molecule has 0 aliphatic carbocycles. The summed E-state index contributed by atoms with van der Waals surface area (Å²) < 4.78 is 11.0. The fraction of sp³-hybridized carbons (Fsp3) is 0.440. The molecule has 6 heteroatoms. The van der Waals surface area contributed by atoms with Crippen molar-refractivity contribution in [2.75, 3.05) is 26.8 Å². The summed E-state index contributed by atoms with van der Waals surface area (Å²) in [7, 11) is 1.56. The third-order valence-corrected chi connectivity index (χ3v) is 5.12. The van der Waals surface area contributed by atoms with Crippen molar-refractivity contribution in [3.63, 3.8) is 0 Å². The van der Waals surface area contributed by atoms with Gasteiger partial charge in [0.05, 0.1) is 7.11 Å². The van der Waals surface area contributed by atoms with E-state index in [1.165, 1.54) is 0 Å². The fourth-order valence-electron chi connectivity index (χ4n) is 3.36. The molecule has 2 aromatic carbocycles. The van der Waals surface area contributed by atoms with Gasteiger partial charge in [-0.1, -0.05) is 62.7 Å². The SMILES string of the molecule is CCCCNC(=O)C(CC)N(CCc1ccccc1)C(=O)COc1ccccc1OC. The van der Waals surface area contributed by atoms with Crippen molar-refractivity contribution in [3.05, 3.63) is 60.2 Å². The monoisotopic (exact) mass is 426 g/mol. The first-order valence-corrected chi connectivity index (χ1v) is 11.0. The zero-order chi connectivity index (χ0) is 22.5. The molecule has 0 bridgehead atoms. The number of hydrogen-bond acceptors (Lipinski definition) is 4. The first kappa shape index (κ1) is 24.3. The lowest BCUT2D eigenvalue weighted by molar-refractivity contribution is -0.142. The van der Waals surface area contributed by atoms with Crippen LogP contribution in [0.1, 0.15) is 38.7 Å². The number of benzene rings is 2. The van der Waals surface area contributed by atoms with Gasteiger partial charge in [-0.25, -0.2) is 0 Å². The maximum atomic E-state index is 13.2. The Balaban J connectivity index is 2.12. The van der Waals surface area contributed by atoms with E-state index in [0.29, 0.717) is 37.4 Å². The predicted octanol–water partition coefficient (Wildman–Crippen LogP) is 3.84. The molecule has 0 saturated carbocycles. The Hall–Kier alpha value is -3.02. The highest BCUT2D eigenvalue weighted by atomic mass is 16.5. The molecule has 0 heterocycles. The summed E-state index contributed by atoms with van der Waals surface area (Å²) in [6.45, 7) is 4.90. The summed E-state index contributed by atoms with van der Waals surface area (Å²) in [4.78, 5) is 27.6. The topological polar surface area (TPSA) is 67.9 Å². The summed E-state index contributed by atoms with van der Waals surface area (Å²) in [5.41, 5.74) is 1.12. The van der Waals surface area contributed by atoms with Crippen molar-refractivity contribution in [1.82, 2.24) is 10.2 Å². The van der Waals surface area contributed by atoms with Crippen LogP contribution in [-0.2, 0) is 16.0 Å². The van der Waals surface area contributed by atoms with Gasteiger partial charge in [0.25, 0.3) is 5.91 Å². The van der Waals surface area contributed by atoms with Crippen LogP contribution in [0.25, 0.3) is 0 Å². The highest BCUT2D eigenvalue weighted by Gasteiger charge is 2.28. The molecular weight excluding hydrogens is 392 g/mol. The van der Waals surface area contributed by atoms with E-state index in [9.17, 15) is 9.59 Å². The molecule has 2 amide bonds. The second-order valence-corrected chi connectivity index (χ2v) is 7.33. The second-order valence-electron chi connectivity index (χ2n) is 7.33. The number of para-hydroxylation sites is 2. The lowest BCUT2D eigenvalue weighted by Crippen LogP contribution is -2.51. The Labute approximate surface area is 185 Å². The minimum absolute atomic E-state index is 0.116. The normalized spacial score (nSPS) is 11.5. The molecule has 2 aromatic rings. The van der Waals surface area contributed by atoms with E-state index in [4.69, 9.17) is 9.47 Å². The highest BCUT2D eigenvalue weighted by molar-refractivity contribution is 5.88. The molecule has 0 aromatic heterocycles. The molecule has 6 nitrogen and oxygen atoms in total. The number of rotatable bonds is 13. The van der Waals surface area contributed by atoms with Gasteiger partial charge in [0.1, 0.15) is 6.04 Å². The van der Waals surface area contributed by atoms with Gasteiger partial charge < -0.3 is 19.7 Å².